The smallest absolute Gasteiger partial charge is 0.378 e. The first-order chi connectivity index (χ1) is 4.79. The van der Waals surface area contributed by atoms with E-state index in [1.165, 1.54) is 0 Å². The Hall–Kier alpha value is -0.870. The zero-order valence-corrected chi connectivity index (χ0v) is 5.84. The minimum Gasteiger partial charge on any atom is -0.378 e. The fourth-order valence-electron chi connectivity index (χ4n) is 0.555. The number of hydrogen-bond donors (Lipinski definition) is 0. The van der Waals surface area contributed by atoms with E-state index in [0.717, 1.165) is 0 Å². The highest BCUT2D eigenvalue weighted by Gasteiger charge is 1.95. The summed E-state index contributed by atoms with van der Waals surface area (Å²) in [4.78, 5) is 0. The molecule has 1 atom stereocenters. The van der Waals surface area contributed by atoms with Crippen molar-refractivity contribution in [3.8, 4) is 5.75 Å². The monoisotopic (exact) mass is 157 g/mol. The minimum atomic E-state index is -2.47. The van der Waals surface area contributed by atoms with Crippen LogP contribution in [0.25, 0.3) is 0 Å². The molecule has 0 aliphatic carbocycles. The molecule has 0 saturated heterocycles. The summed E-state index contributed by atoms with van der Waals surface area (Å²) in [6.07, 6.45) is 0. The van der Waals surface area contributed by atoms with Crippen molar-refractivity contribution in [2.75, 3.05) is 0 Å². The molecular formula is C6H5O3S. The summed E-state index contributed by atoms with van der Waals surface area (Å²) in [6.45, 7) is 0. The van der Waals surface area contributed by atoms with Gasteiger partial charge in [-0.15, -0.1) is 0 Å². The summed E-state index contributed by atoms with van der Waals surface area (Å²) in [6, 6.07) is 8.30. The first-order valence-electron chi connectivity index (χ1n) is 2.61. The largest absolute Gasteiger partial charge is 0.390 e. The summed E-state index contributed by atoms with van der Waals surface area (Å²) in [5.41, 5.74) is 0. The van der Waals surface area contributed by atoms with Gasteiger partial charge in [-0.25, -0.2) is 0 Å². The molecule has 1 radical (unpaired) electrons. The van der Waals surface area contributed by atoms with Gasteiger partial charge < -0.3 is 4.18 Å². The second kappa shape index (κ2) is 3.34. The van der Waals surface area contributed by atoms with Crippen molar-refractivity contribution in [1.82, 2.24) is 0 Å². The maximum atomic E-state index is 9.95. The molecule has 1 aromatic carbocycles. The predicted molar refractivity (Wildman–Crippen MR) is 35.9 cm³/mol. The van der Waals surface area contributed by atoms with Crippen LogP contribution in [0.5, 0.6) is 5.75 Å². The first kappa shape index (κ1) is 7.24. The Morgan fingerprint density at radius 1 is 1.20 bits per heavy atom. The van der Waals surface area contributed by atoms with Gasteiger partial charge in [-0.1, -0.05) is 22.8 Å². The Morgan fingerprint density at radius 3 is 2.30 bits per heavy atom. The molecule has 1 aromatic rings. The van der Waals surface area contributed by atoms with E-state index >= 15 is 0 Å². The van der Waals surface area contributed by atoms with Crippen LogP contribution in [0.4, 0.5) is 0 Å². The van der Waals surface area contributed by atoms with Crippen molar-refractivity contribution in [3.05, 3.63) is 30.3 Å². The average molecular weight is 157 g/mol. The van der Waals surface area contributed by atoms with Gasteiger partial charge in [0, 0.05) is 0 Å². The molecule has 0 spiro atoms. The van der Waals surface area contributed by atoms with Crippen LogP contribution in [0.1, 0.15) is 0 Å². The SMILES string of the molecule is [O]S(=O)Oc1ccccc1. The van der Waals surface area contributed by atoms with E-state index in [9.17, 15) is 8.76 Å². The van der Waals surface area contributed by atoms with E-state index in [0.29, 0.717) is 5.75 Å². The van der Waals surface area contributed by atoms with Gasteiger partial charge in [0.1, 0.15) is 5.75 Å². The quantitative estimate of drug-likeness (QED) is 0.644. The van der Waals surface area contributed by atoms with Gasteiger partial charge in [0.25, 0.3) is 0 Å². The normalized spacial score (nSPS) is 12.5. The highest BCUT2D eigenvalue weighted by molar-refractivity contribution is 7.74. The van der Waals surface area contributed by atoms with Gasteiger partial charge in [-0.05, 0) is 12.1 Å². The zero-order valence-electron chi connectivity index (χ0n) is 5.02. The highest BCUT2D eigenvalue weighted by atomic mass is 32.2. The minimum absolute atomic E-state index is 0.329. The van der Waals surface area contributed by atoms with Gasteiger partial charge in [0.2, 0.25) is 0 Å². The summed E-state index contributed by atoms with van der Waals surface area (Å²) < 4.78 is 24.2. The molecule has 0 bridgehead atoms. The van der Waals surface area contributed by atoms with Crippen molar-refractivity contribution in [3.63, 3.8) is 0 Å². The first-order valence-corrected chi connectivity index (χ1v) is 3.61. The molecule has 53 valence electrons. The van der Waals surface area contributed by atoms with Crippen LogP contribution < -0.4 is 4.18 Å². The second-order valence-corrected chi connectivity index (χ2v) is 2.18. The third-order valence-electron chi connectivity index (χ3n) is 0.907. The maximum absolute atomic E-state index is 9.95. The lowest BCUT2D eigenvalue weighted by Crippen LogP contribution is -1.94. The third kappa shape index (κ3) is 2.16. The Morgan fingerprint density at radius 2 is 1.80 bits per heavy atom. The van der Waals surface area contributed by atoms with E-state index < -0.39 is 11.4 Å². The molecular weight excluding hydrogens is 152 g/mol. The van der Waals surface area contributed by atoms with Gasteiger partial charge in [0.05, 0.1) is 0 Å². The van der Waals surface area contributed by atoms with Gasteiger partial charge in [-0.3, -0.25) is 0 Å². The van der Waals surface area contributed by atoms with Crippen molar-refractivity contribution in [2.24, 2.45) is 0 Å². The number of benzene rings is 1. The molecule has 1 rings (SSSR count). The molecule has 0 amide bonds. The third-order valence-corrected chi connectivity index (χ3v) is 1.24. The average Bonchev–Trinajstić information content (AvgIpc) is 1.88. The number of para-hydroxylation sites is 1. The molecule has 0 aliphatic heterocycles. The standard InChI is InChI=1S/C6H5O3S/c7-10(8)9-6-4-2-1-3-5-6/h1-5H. The van der Waals surface area contributed by atoms with Crippen molar-refractivity contribution >= 4 is 11.4 Å². The van der Waals surface area contributed by atoms with Crippen molar-refractivity contribution in [2.45, 2.75) is 0 Å². The van der Waals surface area contributed by atoms with Crippen LogP contribution in [0, 0.1) is 0 Å². The van der Waals surface area contributed by atoms with Crippen LogP contribution in [0.2, 0.25) is 0 Å². The summed E-state index contributed by atoms with van der Waals surface area (Å²) in [5.74, 6) is 0.329. The highest BCUT2D eigenvalue weighted by Crippen LogP contribution is 2.08. The Balaban J connectivity index is 2.67. The Kier molecular flexibility index (Phi) is 2.42. The van der Waals surface area contributed by atoms with Gasteiger partial charge >= 0.3 is 11.4 Å². The van der Waals surface area contributed by atoms with Crippen molar-refractivity contribution in [1.29, 1.82) is 0 Å². The predicted octanol–water partition coefficient (Wildman–Crippen LogP) is 1.07. The molecule has 10 heavy (non-hydrogen) atoms. The van der Waals surface area contributed by atoms with E-state index in [4.69, 9.17) is 0 Å². The fourth-order valence-corrected chi connectivity index (χ4v) is 0.823. The van der Waals surface area contributed by atoms with Gasteiger partial charge in [-0.2, -0.15) is 4.21 Å². The Bertz CT molecular complexity index is 222. The van der Waals surface area contributed by atoms with Crippen LogP contribution >= 0.6 is 0 Å². The molecule has 0 saturated carbocycles. The lowest BCUT2D eigenvalue weighted by molar-refractivity contribution is 0.397. The van der Waals surface area contributed by atoms with E-state index in [1.807, 2.05) is 0 Å². The lowest BCUT2D eigenvalue weighted by atomic mass is 10.3. The zero-order chi connectivity index (χ0) is 7.40. The van der Waals surface area contributed by atoms with Crippen LogP contribution in [-0.4, -0.2) is 4.21 Å². The second-order valence-electron chi connectivity index (χ2n) is 1.60. The topological polar surface area (TPSA) is 46.2 Å². The summed E-state index contributed by atoms with van der Waals surface area (Å²) >= 11 is -2.47. The molecule has 3 nitrogen and oxygen atoms in total. The van der Waals surface area contributed by atoms with E-state index in [2.05, 4.69) is 4.18 Å². The van der Waals surface area contributed by atoms with E-state index in [-0.39, 0.29) is 0 Å². The molecule has 0 N–H and O–H groups in total. The molecule has 0 fully saturated rings. The van der Waals surface area contributed by atoms with Crippen LogP contribution in [0.15, 0.2) is 30.3 Å². The summed E-state index contributed by atoms with van der Waals surface area (Å²) in [7, 11) is 0. The van der Waals surface area contributed by atoms with Crippen LogP contribution in [-0.2, 0) is 15.9 Å². The number of rotatable bonds is 2. The molecule has 0 aromatic heterocycles. The van der Waals surface area contributed by atoms with Crippen molar-refractivity contribution < 1.29 is 12.9 Å². The molecule has 0 aliphatic rings. The summed E-state index contributed by atoms with van der Waals surface area (Å²) in [5, 5.41) is 0. The van der Waals surface area contributed by atoms with E-state index in [1.54, 1.807) is 30.3 Å². The lowest BCUT2D eigenvalue weighted by Gasteiger charge is -1.94. The van der Waals surface area contributed by atoms with Gasteiger partial charge in [0.15, 0.2) is 0 Å². The molecule has 4 heteroatoms. The maximum Gasteiger partial charge on any atom is 0.390 e. The molecule has 1 unspecified atom stereocenters. The molecule has 0 heterocycles. The number of hydrogen-bond acceptors (Lipinski definition) is 2. The fraction of sp³-hybridized carbons (Fsp3) is 0. The Labute approximate surface area is 61.1 Å². The van der Waals surface area contributed by atoms with Crippen LogP contribution in [0.3, 0.4) is 0 Å².